The van der Waals surface area contributed by atoms with E-state index in [1.54, 1.807) is 4.90 Å². The number of likely N-dealkylation sites (tertiary alicyclic amines) is 1. The first-order valence-electron chi connectivity index (χ1n) is 5.57. The van der Waals surface area contributed by atoms with E-state index in [9.17, 15) is 4.79 Å². The third kappa shape index (κ3) is 2.48. The number of nitriles is 1. The number of carbonyl (C=O) groups is 1. The van der Waals surface area contributed by atoms with Crippen LogP contribution in [-0.4, -0.2) is 29.3 Å². The molecule has 3 unspecified atom stereocenters. The summed E-state index contributed by atoms with van der Waals surface area (Å²) in [6.45, 7) is 4.70. The molecule has 0 bridgehead atoms. The average molecular weight is 209 g/mol. The highest BCUT2D eigenvalue weighted by atomic mass is 16.1. The van der Waals surface area contributed by atoms with E-state index in [1.807, 2.05) is 13.8 Å². The van der Waals surface area contributed by atoms with Crippen molar-refractivity contribution in [1.82, 2.24) is 4.90 Å². The molecule has 4 heteroatoms. The zero-order valence-electron chi connectivity index (χ0n) is 9.44. The zero-order chi connectivity index (χ0) is 11.4. The smallest absolute Gasteiger partial charge is 0.180 e. The minimum atomic E-state index is -0.422. The van der Waals surface area contributed by atoms with E-state index in [0.717, 1.165) is 19.3 Å². The molecule has 84 valence electrons. The van der Waals surface area contributed by atoms with Gasteiger partial charge in [-0.3, -0.25) is 4.79 Å². The summed E-state index contributed by atoms with van der Waals surface area (Å²) in [5.74, 6) is 0.224. The van der Waals surface area contributed by atoms with E-state index in [4.69, 9.17) is 11.0 Å². The Hall–Kier alpha value is -1.08. The fourth-order valence-electron chi connectivity index (χ4n) is 1.94. The van der Waals surface area contributed by atoms with E-state index >= 15 is 0 Å². The second-order valence-corrected chi connectivity index (χ2v) is 4.27. The lowest BCUT2D eigenvalue weighted by Gasteiger charge is -2.23. The average Bonchev–Trinajstić information content (AvgIpc) is 2.73. The van der Waals surface area contributed by atoms with Gasteiger partial charge >= 0.3 is 0 Å². The molecule has 15 heavy (non-hydrogen) atoms. The summed E-state index contributed by atoms with van der Waals surface area (Å²) in [4.78, 5) is 13.6. The monoisotopic (exact) mass is 209 g/mol. The van der Waals surface area contributed by atoms with Crippen molar-refractivity contribution in [3.05, 3.63) is 0 Å². The molecule has 3 atom stereocenters. The lowest BCUT2D eigenvalue weighted by Crippen LogP contribution is -2.46. The van der Waals surface area contributed by atoms with Gasteiger partial charge in [-0.1, -0.05) is 20.3 Å². The second-order valence-electron chi connectivity index (χ2n) is 4.27. The molecule has 4 nitrogen and oxygen atoms in total. The van der Waals surface area contributed by atoms with Crippen LogP contribution in [0.1, 0.15) is 33.1 Å². The van der Waals surface area contributed by atoms with Crippen LogP contribution in [0.15, 0.2) is 0 Å². The molecule has 1 aliphatic rings. The van der Waals surface area contributed by atoms with Gasteiger partial charge in [0.2, 0.25) is 0 Å². The third-order valence-electron chi connectivity index (χ3n) is 3.30. The highest BCUT2D eigenvalue weighted by Gasteiger charge is 2.34. The summed E-state index contributed by atoms with van der Waals surface area (Å²) < 4.78 is 0. The zero-order valence-corrected chi connectivity index (χ0v) is 9.44. The number of rotatable bonds is 4. The Balaban J connectivity index is 2.64. The molecule has 1 fully saturated rings. The number of hydrogen-bond donors (Lipinski definition) is 1. The van der Waals surface area contributed by atoms with Crippen molar-refractivity contribution in [1.29, 1.82) is 5.26 Å². The van der Waals surface area contributed by atoms with E-state index in [0.29, 0.717) is 6.54 Å². The Bertz CT molecular complexity index is 271. The van der Waals surface area contributed by atoms with Crippen molar-refractivity contribution in [3.63, 3.8) is 0 Å². The van der Waals surface area contributed by atoms with E-state index in [1.165, 1.54) is 0 Å². The molecule has 0 aromatic heterocycles. The number of carbonyl (C=O) groups excluding carboxylic acids is 1. The largest absolute Gasteiger partial charge is 0.321 e. The molecule has 0 aliphatic carbocycles. The van der Waals surface area contributed by atoms with Crippen LogP contribution in [0, 0.1) is 17.4 Å². The molecule has 1 aliphatic heterocycles. The Labute approximate surface area is 91.0 Å². The number of nitrogens with zero attached hydrogens (tertiary/aromatic N) is 2. The number of Topliss-reactive ketones (excluding diaryl/α,β-unsaturated/α-hetero) is 1. The van der Waals surface area contributed by atoms with Crippen LogP contribution >= 0.6 is 0 Å². The van der Waals surface area contributed by atoms with E-state index in [-0.39, 0.29) is 17.7 Å². The highest BCUT2D eigenvalue weighted by Crippen LogP contribution is 2.20. The van der Waals surface area contributed by atoms with Crippen molar-refractivity contribution >= 4 is 5.78 Å². The van der Waals surface area contributed by atoms with Crippen LogP contribution in [0.4, 0.5) is 0 Å². The van der Waals surface area contributed by atoms with Gasteiger partial charge in [0.05, 0.1) is 12.1 Å². The Morgan fingerprint density at radius 3 is 2.93 bits per heavy atom. The van der Waals surface area contributed by atoms with Crippen LogP contribution in [0.5, 0.6) is 0 Å². The molecule has 0 amide bonds. The molecule has 1 saturated heterocycles. The number of ketones is 1. The predicted octanol–water partition coefficient (Wildman–Crippen LogP) is 0.874. The van der Waals surface area contributed by atoms with Gasteiger partial charge in [-0.2, -0.15) is 5.26 Å². The van der Waals surface area contributed by atoms with Gasteiger partial charge in [0.1, 0.15) is 0 Å². The maximum atomic E-state index is 12.0. The lowest BCUT2D eigenvalue weighted by molar-refractivity contribution is -0.124. The molecule has 0 saturated carbocycles. The third-order valence-corrected chi connectivity index (χ3v) is 3.30. The van der Waals surface area contributed by atoms with Crippen molar-refractivity contribution in [2.75, 3.05) is 6.54 Å². The van der Waals surface area contributed by atoms with Crippen molar-refractivity contribution in [3.8, 4) is 6.19 Å². The highest BCUT2D eigenvalue weighted by molar-refractivity contribution is 5.89. The van der Waals surface area contributed by atoms with Crippen LogP contribution < -0.4 is 5.73 Å². The summed E-state index contributed by atoms with van der Waals surface area (Å²) in [5.41, 5.74) is 5.88. The minimum absolute atomic E-state index is 0.0309. The van der Waals surface area contributed by atoms with Gasteiger partial charge in [-0.05, 0) is 18.8 Å². The molecule has 0 aromatic carbocycles. The SMILES string of the molecule is CCC(C)C(N)C(=O)C1CCCN1C#N. The fourth-order valence-corrected chi connectivity index (χ4v) is 1.94. The predicted molar refractivity (Wildman–Crippen MR) is 57.8 cm³/mol. The maximum absolute atomic E-state index is 12.0. The molecule has 0 radical (unpaired) electrons. The van der Waals surface area contributed by atoms with Gasteiger partial charge in [0, 0.05) is 6.54 Å². The molecule has 1 rings (SSSR count). The quantitative estimate of drug-likeness (QED) is 0.698. The number of nitrogens with two attached hydrogens (primary N) is 1. The van der Waals surface area contributed by atoms with Gasteiger partial charge in [0.15, 0.2) is 12.0 Å². The topological polar surface area (TPSA) is 70.1 Å². The van der Waals surface area contributed by atoms with Gasteiger partial charge in [-0.25, -0.2) is 0 Å². The Kier molecular flexibility index (Phi) is 4.10. The Morgan fingerprint density at radius 1 is 1.73 bits per heavy atom. The maximum Gasteiger partial charge on any atom is 0.180 e. The first-order valence-corrected chi connectivity index (χ1v) is 5.57. The summed E-state index contributed by atoms with van der Waals surface area (Å²) in [7, 11) is 0. The van der Waals surface area contributed by atoms with Gasteiger partial charge in [0.25, 0.3) is 0 Å². The van der Waals surface area contributed by atoms with Crippen molar-refractivity contribution in [2.24, 2.45) is 11.7 Å². The molecular weight excluding hydrogens is 190 g/mol. The summed E-state index contributed by atoms with van der Waals surface area (Å²) in [6.07, 6.45) is 4.65. The van der Waals surface area contributed by atoms with E-state index in [2.05, 4.69) is 6.19 Å². The van der Waals surface area contributed by atoms with Gasteiger partial charge in [-0.15, -0.1) is 0 Å². The summed E-state index contributed by atoms with van der Waals surface area (Å²) >= 11 is 0. The Morgan fingerprint density at radius 2 is 2.40 bits per heavy atom. The summed E-state index contributed by atoms with van der Waals surface area (Å²) in [6, 6.07) is -0.687. The summed E-state index contributed by atoms with van der Waals surface area (Å²) in [5, 5.41) is 8.85. The van der Waals surface area contributed by atoms with Crippen LogP contribution in [-0.2, 0) is 4.79 Å². The van der Waals surface area contributed by atoms with Crippen LogP contribution in [0.2, 0.25) is 0 Å². The van der Waals surface area contributed by atoms with E-state index < -0.39 is 6.04 Å². The molecular formula is C11H19N3O. The second kappa shape index (κ2) is 5.13. The molecule has 1 heterocycles. The standard InChI is InChI=1S/C11H19N3O/c1-3-8(2)10(13)11(15)9-5-4-6-14(9)7-12/h8-10H,3-6,13H2,1-2H3. The molecule has 0 aromatic rings. The molecule has 2 N–H and O–H groups in total. The van der Waals surface area contributed by atoms with Gasteiger partial charge < -0.3 is 10.6 Å². The fraction of sp³-hybridized carbons (Fsp3) is 0.818. The molecule has 0 spiro atoms. The lowest BCUT2D eigenvalue weighted by atomic mass is 9.92. The minimum Gasteiger partial charge on any atom is -0.321 e. The number of hydrogen-bond acceptors (Lipinski definition) is 4. The normalized spacial score (nSPS) is 24.7. The van der Waals surface area contributed by atoms with Crippen LogP contribution in [0.25, 0.3) is 0 Å². The van der Waals surface area contributed by atoms with Crippen molar-refractivity contribution < 1.29 is 4.79 Å². The van der Waals surface area contributed by atoms with Crippen LogP contribution in [0.3, 0.4) is 0 Å². The van der Waals surface area contributed by atoms with Crippen molar-refractivity contribution in [2.45, 2.75) is 45.2 Å². The first kappa shape index (κ1) is 12.0. The first-order chi connectivity index (χ1) is 7.11.